The molecular formula is C15H21N3O. The van der Waals surface area contributed by atoms with Gasteiger partial charge >= 0.3 is 0 Å². The minimum Gasteiger partial charge on any atom is -0.492 e. The predicted octanol–water partition coefficient (Wildman–Crippen LogP) is 2.48. The Kier molecular flexibility index (Phi) is 4.75. The summed E-state index contributed by atoms with van der Waals surface area (Å²) < 4.78 is 5.79. The van der Waals surface area contributed by atoms with Crippen molar-refractivity contribution in [2.75, 3.05) is 13.2 Å². The quantitative estimate of drug-likeness (QED) is 0.902. The van der Waals surface area contributed by atoms with E-state index in [0.717, 1.165) is 24.4 Å². The summed E-state index contributed by atoms with van der Waals surface area (Å²) in [6.45, 7) is 5.53. The molecule has 0 amide bonds. The van der Waals surface area contributed by atoms with Crippen LogP contribution in [-0.4, -0.2) is 24.2 Å². The summed E-state index contributed by atoms with van der Waals surface area (Å²) in [5.41, 5.74) is 2.19. The van der Waals surface area contributed by atoms with Crippen LogP contribution in [0.4, 0.5) is 0 Å². The lowest BCUT2D eigenvalue weighted by atomic mass is 10.0. The molecule has 1 aromatic rings. The lowest BCUT2D eigenvalue weighted by Gasteiger charge is -2.23. The summed E-state index contributed by atoms with van der Waals surface area (Å²) in [6, 6.07) is 4.58. The highest BCUT2D eigenvalue weighted by atomic mass is 16.5. The number of hydrogen-bond acceptors (Lipinski definition) is 4. The van der Waals surface area contributed by atoms with Gasteiger partial charge in [-0.25, -0.2) is 0 Å². The average molecular weight is 259 g/mol. The van der Waals surface area contributed by atoms with Crippen LogP contribution < -0.4 is 10.1 Å². The van der Waals surface area contributed by atoms with Gasteiger partial charge < -0.3 is 10.1 Å². The van der Waals surface area contributed by atoms with Crippen molar-refractivity contribution in [3.63, 3.8) is 0 Å². The minimum absolute atomic E-state index is 0.558. The maximum atomic E-state index is 9.16. The number of nitrogens with one attached hydrogen (secondary N) is 1. The smallest absolute Gasteiger partial charge is 0.140 e. The molecule has 0 radical (unpaired) electrons. The Morgan fingerprint density at radius 2 is 2.32 bits per heavy atom. The molecule has 1 aliphatic rings. The number of rotatable bonds is 4. The van der Waals surface area contributed by atoms with Gasteiger partial charge in [0.2, 0.25) is 0 Å². The van der Waals surface area contributed by atoms with E-state index in [1.807, 2.05) is 19.9 Å². The highest BCUT2D eigenvalue weighted by molar-refractivity contribution is 5.46. The van der Waals surface area contributed by atoms with E-state index in [1.165, 1.54) is 19.3 Å². The number of ether oxygens (including phenoxy) is 1. The molecule has 4 heteroatoms. The van der Waals surface area contributed by atoms with Gasteiger partial charge in [0.05, 0.1) is 12.3 Å². The predicted molar refractivity (Wildman–Crippen MR) is 74.2 cm³/mol. The SMILES string of the molecule is Cc1cc(OCCC2CCCCN2)c(C#N)c(C)n1. The van der Waals surface area contributed by atoms with E-state index >= 15 is 0 Å². The van der Waals surface area contributed by atoms with Gasteiger partial charge in [-0.15, -0.1) is 0 Å². The average Bonchev–Trinajstić information content (AvgIpc) is 2.39. The number of aromatic nitrogens is 1. The fraction of sp³-hybridized carbons (Fsp3) is 0.600. The van der Waals surface area contributed by atoms with Gasteiger partial charge in [-0.2, -0.15) is 5.26 Å². The van der Waals surface area contributed by atoms with Crippen LogP contribution in [0.25, 0.3) is 0 Å². The molecule has 1 fully saturated rings. The molecule has 1 saturated heterocycles. The van der Waals surface area contributed by atoms with Crippen LogP contribution >= 0.6 is 0 Å². The molecule has 0 aliphatic carbocycles. The normalized spacial score (nSPS) is 18.9. The van der Waals surface area contributed by atoms with Crippen molar-refractivity contribution in [2.24, 2.45) is 0 Å². The van der Waals surface area contributed by atoms with E-state index in [1.54, 1.807) is 0 Å². The largest absolute Gasteiger partial charge is 0.492 e. The van der Waals surface area contributed by atoms with Crippen LogP contribution in [0.3, 0.4) is 0 Å². The van der Waals surface area contributed by atoms with E-state index < -0.39 is 0 Å². The van der Waals surface area contributed by atoms with E-state index in [4.69, 9.17) is 10.00 Å². The fourth-order valence-electron chi connectivity index (χ4n) is 2.52. The molecule has 0 bridgehead atoms. The van der Waals surface area contributed by atoms with Crippen molar-refractivity contribution in [1.82, 2.24) is 10.3 Å². The topological polar surface area (TPSA) is 57.9 Å². The van der Waals surface area contributed by atoms with Crippen molar-refractivity contribution in [3.8, 4) is 11.8 Å². The summed E-state index contributed by atoms with van der Waals surface area (Å²) in [7, 11) is 0. The fourth-order valence-corrected chi connectivity index (χ4v) is 2.52. The second-order valence-electron chi connectivity index (χ2n) is 5.12. The van der Waals surface area contributed by atoms with Gasteiger partial charge in [0.15, 0.2) is 0 Å². The third-order valence-corrected chi connectivity index (χ3v) is 3.54. The first kappa shape index (κ1) is 13.8. The Morgan fingerprint density at radius 3 is 3.00 bits per heavy atom. The Labute approximate surface area is 114 Å². The zero-order valence-corrected chi connectivity index (χ0v) is 11.7. The van der Waals surface area contributed by atoms with Gasteiger partial charge in [-0.3, -0.25) is 4.98 Å². The number of hydrogen-bond donors (Lipinski definition) is 1. The molecule has 1 N–H and O–H groups in total. The highest BCUT2D eigenvalue weighted by Crippen LogP contribution is 2.21. The zero-order valence-electron chi connectivity index (χ0n) is 11.7. The van der Waals surface area contributed by atoms with Gasteiger partial charge in [0.25, 0.3) is 0 Å². The van der Waals surface area contributed by atoms with Crippen LogP contribution in [0.1, 0.15) is 42.6 Å². The van der Waals surface area contributed by atoms with Crippen molar-refractivity contribution >= 4 is 0 Å². The number of nitrogens with zero attached hydrogens (tertiary/aromatic N) is 2. The van der Waals surface area contributed by atoms with Crippen LogP contribution in [0.15, 0.2) is 6.07 Å². The van der Waals surface area contributed by atoms with Crippen molar-refractivity contribution < 1.29 is 4.74 Å². The molecule has 1 aliphatic heterocycles. The van der Waals surface area contributed by atoms with E-state index in [2.05, 4.69) is 16.4 Å². The second kappa shape index (κ2) is 6.53. The van der Waals surface area contributed by atoms with Crippen LogP contribution in [0.2, 0.25) is 0 Å². The van der Waals surface area contributed by atoms with Crippen LogP contribution in [-0.2, 0) is 0 Å². The van der Waals surface area contributed by atoms with Gasteiger partial charge in [0, 0.05) is 17.8 Å². The Balaban J connectivity index is 1.93. The first-order valence-electron chi connectivity index (χ1n) is 6.95. The van der Waals surface area contributed by atoms with Crippen LogP contribution in [0.5, 0.6) is 5.75 Å². The number of pyridine rings is 1. The summed E-state index contributed by atoms with van der Waals surface area (Å²) >= 11 is 0. The Morgan fingerprint density at radius 1 is 1.47 bits per heavy atom. The minimum atomic E-state index is 0.558. The van der Waals surface area contributed by atoms with E-state index in [0.29, 0.717) is 24.0 Å². The number of aryl methyl sites for hydroxylation is 2. The molecule has 2 heterocycles. The van der Waals surface area contributed by atoms with Crippen molar-refractivity contribution in [3.05, 3.63) is 23.0 Å². The maximum absolute atomic E-state index is 9.16. The lowest BCUT2D eigenvalue weighted by molar-refractivity contribution is 0.267. The molecule has 0 aromatic carbocycles. The Bertz CT molecular complexity index is 473. The molecule has 4 nitrogen and oxygen atoms in total. The highest BCUT2D eigenvalue weighted by Gasteiger charge is 2.13. The molecule has 19 heavy (non-hydrogen) atoms. The molecule has 102 valence electrons. The first-order valence-corrected chi connectivity index (χ1v) is 6.95. The molecule has 1 atom stereocenters. The van der Waals surface area contributed by atoms with Crippen LogP contribution in [0, 0.1) is 25.2 Å². The summed E-state index contributed by atoms with van der Waals surface area (Å²) in [6.07, 6.45) is 4.79. The molecular weight excluding hydrogens is 238 g/mol. The molecule has 2 rings (SSSR count). The standard InChI is InChI=1S/C15H21N3O/c1-11-9-15(14(10-16)12(2)18-11)19-8-6-13-5-3-4-7-17-13/h9,13,17H,3-8H2,1-2H3. The summed E-state index contributed by atoms with van der Waals surface area (Å²) in [5, 5.41) is 12.7. The maximum Gasteiger partial charge on any atom is 0.140 e. The third kappa shape index (κ3) is 3.68. The third-order valence-electron chi connectivity index (χ3n) is 3.54. The number of piperidine rings is 1. The van der Waals surface area contributed by atoms with Gasteiger partial charge in [0.1, 0.15) is 17.4 Å². The van der Waals surface area contributed by atoms with Gasteiger partial charge in [-0.05, 0) is 39.7 Å². The first-order chi connectivity index (χ1) is 9.20. The molecule has 1 aromatic heterocycles. The lowest BCUT2D eigenvalue weighted by Crippen LogP contribution is -2.35. The Hall–Kier alpha value is -1.60. The molecule has 1 unspecified atom stereocenters. The van der Waals surface area contributed by atoms with Crippen molar-refractivity contribution in [2.45, 2.75) is 45.6 Å². The van der Waals surface area contributed by atoms with Gasteiger partial charge in [-0.1, -0.05) is 6.42 Å². The number of nitriles is 1. The molecule has 0 spiro atoms. The summed E-state index contributed by atoms with van der Waals surface area (Å²) in [5.74, 6) is 0.670. The van der Waals surface area contributed by atoms with E-state index in [-0.39, 0.29) is 0 Å². The molecule has 0 saturated carbocycles. The van der Waals surface area contributed by atoms with Crippen molar-refractivity contribution in [1.29, 1.82) is 5.26 Å². The monoisotopic (exact) mass is 259 g/mol. The second-order valence-corrected chi connectivity index (χ2v) is 5.12. The van der Waals surface area contributed by atoms with E-state index in [9.17, 15) is 0 Å². The summed E-state index contributed by atoms with van der Waals surface area (Å²) in [4.78, 5) is 4.29. The zero-order chi connectivity index (χ0) is 13.7.